The van der Waals surface area contributed by atoms with E-state index in [4.69, 9.17) is 11.6 Å². The number of hydrogen-bond acceptors (Lipinski definition) is 4. The molecule has 4 rings (SSSR count). The summed E-state index contributed by atoms with van der Waals surface area (Å²) in [4.78, 5) is 32.2. The van der Waals surface area contributed by atoms with Gasteiger partial charge in [-0.25, -0.2) is 0 Å². The van der Waals surface area contributed by atoms with Crippen LogP contribution in [0, 0.1) is 20.8 Å². The highest BCUT2D eigenvalue weighted by atomic mass is 35.5. The summed E-state index contributed by atoms with van der Waals surface area (Å²) < 4.78 is 0. The average molecular weight is 432 g/mol. The van der Waals surface area contributed by atoms with Crippen molar-refractivity contribution in [1.82, 2.24) is 9.88 Å². The second-order valence-corrected chi connectivity index (χ2v) is 8.06. The molecule has 1 N–H and O–H groups in total. The normalized spacial score (nSPS) is 13.9. The fraction of sp³-hybridized carbons (Fsp3) is 0.160. The van der Waals surface area contributed by atoms with E-state index in [1.807, 2.05) is 57.2 Å². The lowest BCUT2D eigenvalue weighted by Crippen LogP contribution is -2.32. The van der Waals surface area contributed by atoms with Gasteiger partial charge in [0.05, 0.1) is 17.8 Å². The SMILES string of the molecule is Cc1ccc(C2=C(Nc3ccc(C)c(Cl)c3)C(=O)N(Cc3ccccn3)C2=O)cc1C. The maximum absolute atomic E-state index is 13.4. The Bertz CT molecular complexity index is 1220. The van der Waals surface area contributed by atoms with Crippen molar-refractivity contribution < 1.29 is 9.59 Å². The number of aryl methyl sites for hydroxylation is 3. The predicted molar refractivity (Wildman–Crippen MR) is 122 cm³/mol. The van der Waals surface area contributed by atoms with Crippen molar-refractivity contribution in [2.45, 2.75) is 27.3 Å². The number of amides is 2. The second kappa shape index (κ2) is 8.36. The van der Waals surface area contributed by atoms with Gasteiger partial charge in [0.15, 0.2) is 0 Å². The van der Waals surface area contributed by atoms with Gasteiger partial charge < -0.3 is 5.32 Å². The van der Waals surface area contributed by atoms with Crippen LogP contribution in [0.5, 0.6) is 0 Å². The lowest BCUT2D eigenvalue weighted by atomic mass is 9.99. The zero-order valence-corrected chi connectivity index (χ0v) is 18.3. The van der Waals surface area contributed by atoms with E-state index in [-0.39, 0.29) is 24.1 Å². The third kappa shape index (κ3) is 4.09. The quantitative estimate of drug-likeness (QED) is 0.574. The number of anilines is 1. The van der Waals surface area contributed by atoms with Crippen molar-refractivity contribution in [3.63, 3.8) is 0 Å². The molecule has 0 unspecified atom stereocenters. The molecule has 2 aromatic carbocycles. The first kappa shape index (κ1) is 20.8. The van der Waals surface area contributed by atoms with Crippen LogP contribution in [-0.2, 0) is 16.1 Å². The van der Waals surface area contributed by atoms with Crippen LogP contribution in [0.1, 0.15) is 27.9 Å². The Kier molecular flexibility index (Phi) is 5.61. The van der Waals surface area contributed by atoms with E-state index in [1.165, 1.54) is 4.90 Å². The van der Waals surface area contributed by atoms with Crippen LogP contribution in [0.3, 0.4) is 0 Å². The Morgan fingerprint density at radius 1 is 0.903 bits per heavy atom. The number of nitrogens with zero attached hydrogens (tertiary/aromatic N) is 2. The Morgan fingerprint density at radius 3 is 2.35 bits per heavy atom. The topological polar surface area (TPSA) is 62.3 Å². The van der Waals surface area contributed by atoms with Gasteiger partial charge in [-0.2, -0.15) is 0 Å². The summed E-state index contributed by atoms with van der Waals surface area (Å²) in [7, 11) is 0. The summed E-state index contributed by atoms with van der Waals surface area (Å²) in [5.41, 5.74) is 5.67. The van der Waals surface area contributed by atoms with Crippen LogP contribution < -0.4 is 5.32 Å². The number of carbonyl (C=O) groups excluding carboxylic acids is 2. The zero-order chi connectivity index (χ0) is 22.1. The molecular weight excluding hydrogens is 410 g/mol. The summed E-state index contributed by atoms with van der Waals surface area (Å²) in [6, 6.07) is 16.6. The maximum Gasteiger partial charge on any atom is 0.278 e. The number of hydrogen-bond donors (Lipinski definition) is 1. The van der Waals surface area contributed by atoms with Gasteiger partial charge in [0.2, 0.25) is 0 Å². The monoisotopic (exact) mass is 431 g/mol. The molecule has 6 heteroatoms. The Balaban J connectivity index is 1.78. The van der Waals surface area contributed by atoms with Gasteiger partial charge in [-0.05, 0) is 67.3 Å². The fourth-order valence-corrected chi connectivity index (χ4v) is 3.65. The lowest BCUT2D eigenvalue weighted by molar-refractivity contribution is -0.137. The van der Waals surface area contributed by atoms with Crippen LogP contribution in [-0.4, -0.2) is 21.7 Å². The van der Waals surface area contributed by atoms with E-state index in [1.54, 1.807) is 24.4 Å². The number of imide groups is 1. The molecule has 156 valence electrons. The molecule has 0 radical (unpaired) electrons. The zero-order valence-electron chi connectivity index (χ0n) is 17.6. The van der Waals surface area contributed by atoms with Crippen LogP contribution in [0.2, 0.25) is 5.02 Å². The van der Waals surface area contributed by atoms with Crippen LogP contribution in [0.15, 0.2) is 66.5 Å². The first-order valence-electron chi connectivity index (χ1n) is 9.96. The highest BCUT2D eigenvalue weighted by Crippen LogP contribution is 2.33. The van der Waals surface area contributed by atoms with Crippen LogP contribution in [0.4, 0.5) is 5.69 Å². The summed E-state index contributed by atoms with van der Waals surface area (Å²) in [6.45, 7) is 6.01. The summed E-state index contributed by atoms with van der Waals surface area (Å²) in [5, 5.41) is 3.73. The highest BCUT2D eigenvalue weighted by molar-refractivity contribution is 6.36. The Hall–Kier alpha value is -3.44. The van der Waals surface area contributed by atoms with Crippen molar-refractivity contribution in [2.75, 3.05) is 5.32 Å². The number of aromatic nitrogens is 1. The third-order valence-electron chi connectivity index (χ3n) is 5.45. The number of carbonyl (C=O) groups is 2. The molecular formula is C25H22ClN3O2. The first-order chi connectivity index (χ1) is 14.8. The average Bonchev–Trinajstić information content (AvgIpc) is 2.98. The molecule has 0 aliphatic carbocycles. The van der Waals surface area contributed by atoms with Crippen molar-refractivity contribution in [3.8, 4) is 0 Å². The van der Waals surface area contributed by atoms with Gasteiger partial charge in [-0.15, -0.1) is 0 Å². The molecule has 0 spiro atoms. The minimum Gasteiger partial charge on any atom is -0.350 e. The third-order valence-corrected chi connectivity index (χ3v) is 5.86. The lowest BCUT2D eigenvalue weighted by Gasteiger charge is -2.15. The van der Waals surface area contributed by atoms with E-state index in [0.717, 1.165) is 16.7 Å². The van der Waals surface area contributed by atoms with Gasteiger partial charge in [-0.3, -0.25) is 19.5 Å². The molecule has 2 amide bonds. The number of rotatable bonds is 5. The molecule has 5 nitrogen and oxygen atoms in total. The summed E-state index contributed by atoms with van der Waals surface area (Å²) >= 11 is 6.27. The minimum absolute atomic E-state index is 0.104. The molecule has 1 aliphatic rings. The number of halogens is 1. The van der Waals surface area contributed by atoms with Gasteiger partial charge in [0.1, 0.15) is 5.70 Å². The Morgan fingerprint density at radius 2 is 1.68 bits per heavy atom. The second-order valence-electron chi connectivity index (χ2n) is 7.66. The van der Waals surface area contributed by atoms with Crippen LogP contribution >= 0.6 is 11.6 Å². The first-order valence-corrected chi connectivity index (χ1v) is 10.3. The van der Waals surface area contributed by atoms with Gasteiger partial charge in [0, 0.05) is 16.9 Å². The number of pyridine rings is 1. The molecule has 0 fully saturated rings. The van der Waals surface area contributed by atoms with Gasteiger partial charge in [-0.1, -0.05) is 41.9 Å². The number of benzene rings is 2. The molecule has 1 aromatic heterocycles. The number of nitrogens with one attached hydrogen (secondary N) is 1. The summed E-state index contributed by atoms with van der Waals surface area (Å²) in [5.74, 6) is -0.736. The largest absolute Gasteiger partial charge is 0.350 e. The molecule has 3 aromatic rings. The van der Waals surface area contributed by atoms with E-state index < -0.39 is 0 Å². The van der Waals surface area contributed by atoms with Crippen LogP contribution in [0.25, 0.3) is 5.57 Å². The van der Waals surface area contributed by atoms with E-state index in [9.17, 15) is 9.59 Å². The van der Waals surface area contributed by atoms with Crippen molar-refractivity contribution >= 4 is 34.7 Å². The van der Waals surface area contributed by atoms with Gasteiger partial charge >= 0.3 is 0 Å². The smallest absolute Gasteiger partial charge is 0.278 e. The Labute approximate surface area is 186 Å². The van der Waals surface area contributed by atoms with Gasteiger partial charge in [0.25, 0.3) is 11.8 Å². The fourth-order valence-electron chi connectivity index (χ4n) is 3.47. The summed E-state index contributed by atoms with van der Waals surface area (Å²) in [6.07, 6.45) is 1.64. The van der Waals surface area contributed by atoms with Crippen molar-refractivity contribution in [3.05, 3.63) is 99.5 Å². The maximum atomic E-state index is 13.4. The van der Waals surface area contributed by atoms with Crippen molar-refractivity contribution in [1.29, 1.82) is 0 Å². The molecule has 2 heterocycles. The molecule has 0 saturated carbocycles. The molecule has 31 heavy (non-hydrogen) atoms. The molecule has 1 aliphatic heterocycles. The molecule has 0 atom stereocenters. The standard InChI is InChI=1S/C25H22ClN3O2/c1-15-7-9-18(12-17(15)3)22-23(28-19-10-8-16(2)21(26)13-19)25(31)29(24(22)30)14-20-6-4-5-11-27-20/h4-13,28H,14H2,1-3H3. The minimum atomic E-state index is -0.388. The highest BCUT2D eigenvalue weighted by Gasteiger charge is 2.39. The van der Waals surface area contributed by atoms with E-state index in [2.05, 4.69) is 10.3 Å². The predicted octanol–water partition coefficient (Wildman–Crippen LogP) is 5.05. The molecule has 0 bridgehead atoms. The van der Waals surface area contributed by atoms with E-state index in [0.29, 0.717) is 27.5 Å². The van der Waals surface area contributed by atoms with E-state index >= 15 is 0 Å². The molecule has 0 saturated heterocycles. The van der Waals surface area contributed by atoms with Crippen molar-refractivity contribution in [2.24, 2.45) is 0 Å².